The summed E-state index contributed by atoms with van der Waals surface area (Å²) in [6.07, 6.45) is 8.23. The van der Waals surface area contributed by atoms with Crippen LogP contribution in [0.4, 0.5) is 11.6 Å². The Kier molecular flexibility index (Phi) is 5.47. The molecule has 0 unspecified atom stereocenters. The predicted octanol–water partition coefficient (Wildman–Crippen LogP) is 5.91. The Bertz CT molecular complexity index is 1200. The van der Waals surface area contributed by atoms with Crippen molar-refractivity contribution >= 4 is 34.1 Å². The van der Waals surface area contributed by atoms with E-state index in [1.165, 1.54) is 25.7 Å². The molecule has 2 heterocycles. The molecule has 0 aliphatic heterocycles. The lowest BCUT2D eigenvalue weighted by Gasteiger charge is -2.15. The van der Waals surface area contributed by atoms with Gasteiger partial charge in [-0.2, -0.15) is 5.10 Å². The molecule has 1 aliphatic rings. The van der Waals surface area contributed by atoms with Crippen molar-refractivity contribution in [1.29, 1.82) is 0 Å². The van der Waals surface area contributed by atoms with Gasteiger partial charge in [-0.1, -0.05) is 67.6 Å². The lowest BCUT2D eigenvalue weighted by Crippen LogP contribution is -2.12. The molecule has 5 rings (SSSR count). The molecule has 7 heteroatoms. The summed E-state index contributed by atoms with van der Waals surface area (Å²) in [6.45, 7) is 0.842. The molecule has 2 aromatic carbocycles. The van der Waals surface area contributed by atoms with Crippen molar-refractivity contribution in [2.75, 3.05) is 17.6 Å². The largest absolute Gasteiger partial charge is 0.381 e. The SMILES string of the molecule is Nc1nc(-c2ccccc2)c(-c2cc(Cl)c3[nH]ncc3c2)nc1NCCC1CCCC1. The third-order valence-electron chi connectivity index (χ3n) is 6.06. The fourth-order valence-electron chi connectivity index (χ4n) is 4.42. The lowest BCUT2D eigenvalue weighted by atomic mass is 10.0. The number of benzene rings is 2. The molecule has 158 valence electrons. The number of nitrogens with one attached hydrogen (secondary N) is 2. The van der Waals surface area contributed by atoms with Crippen molar-refractivity contribution in [3.63, 3.8) is 0 Å². The maximum atomic E-state index is 6.52. The number of nitrogen functional groups attached to an aromatic ring is 1. The first-order valence-corrected chi connectivity index (χ1v) is 11.2. The maximum Gasteiger partial charge on any atom is 0.169 e. The van der Waals surface area contributed by atoms with Crippen molar-refractivity contribution in [3.05, 3.63) is 53.7 Å². The van der Waals surface area contributed by atoms with Crippen LogP contribution in [0.1, 0.15) is 32.1 Å². The van der Waals surface area contributed by atoms with E-state index in [4.69, 9.17) is 27.3 Å². The molecule has 1 fully saturated rings. The summed E-state index contributed by atoms with van der Waals surface area (Å²) in [7, 11) is 0. The first kappa shape index (κ1) is 19.8. The Balaban J connectivity index is 1.55. The summed E-state index contributed by atoms with van der Waals surface area (Å²) < 4.78 is 0. The number of fused-ring (bicyclic) bond motifs is 1. The zero-order chi connectivity index (χ0) is 21.2. The number of nitrogens with two attached hydrogens (primary N) is 1. The molecular weight excluding hydrogens is 408 g/mol. The fraction of sp³-hybridized carbons (Fsp3) is 0.292. The number of aromatic nitrogens is 4. The van der Waals surface area contributed by atoms with Gasteiger partial charge in [0, 0.05) is 23.1 Å². The third kappa shape index (κ3) is 4.08. The molecule has 4 aromatic rings. The number of nitrogens with zero attached hydrogens (tertiary/aromatic N) is 3. The van der Waals surface area contributed by atoms with Crippen molar-refractivity contribution in [2.45, 2.75) is 32.1 Å². The van der Waals surface area contributed by atoms with Gasteiger partial charge in [0.2, 0.25) is 0 Å². The highest BCUT2D eigenvalue weighted by atomic mass is 35.5. The summed E-state index contributed by atoms with van der Waals surface area (Å²) in [4.78, 5) is 9.68. The Morgan fingerprint density at radius 1 is 1.03 bits per heavy atom. The lowest BCUT2D eigenvalue weighted by molar-refractivity contribution is 0.518. The number of halogens is 1. The summed E-state index contributed by atoms with van der Waals surface area (Å²) >= 11 is 6.52. The van der Waals surface area contributed by atoms with Gasteiger partial charge >= 0.3 is 0 Å². The highest BCUT2D eigenvalue weighted by Crippen LogP contribution is 2.36. The first-order chi connectivity index (χ1) is 15.2. The second-order valence-corrected chi connectivity index (χ2v) is 8.59. The van der Waals surface area contributed by atoms with E-state index < -0.39 is 0 Å². The Morgan fingerprint density at radius 3 is 2.61 bits per heavy atom. The van der Waals surface area contributed by atoms with Crippen LogP contribution in [-0.4, -0.2) is 26.7 Å². The number of hydrogen-bond acceptors (Lipinski definition) is 5. The van der Waals surface area contributed by atoms with Gasteiger partial charge in [-0.25, -0.2) is 9.97 Å². The smallest absolute Gasteiger partial charge is 0.169 e. The number of anilines is 2. The normalized spacial score (nSPS) is 14.4. The standard InChI is InChI=1S/C24H25ClN6/c25-19-13-17(12-18-14-28-31-20(18)19)22-21(16-8-2-1-3-9-16)29-23(26)24(30-22)27-11-10-15-6-4-5-7-15/h1-3,8-9,12-15H,4-7,10-11H2,(H2,26,29)(H,27,30)(H,28,31). The van der Waals surface area contributed by atoms with E-state index in [2.05, 4.69) is 15.5 Å². The van der Waals surface area contributed by atoms with Crippen molar-refractivity contribution in [2.24, 2.45) is 5.92 Å². The van der Waals surface area contributed by atoms with Crippen LogP contribution in [0.5, 0.6) is 0 Å². The summed E-state index contributed by atoms with van der Waals surface area (Å²) in [5, 5.41) is 12.0. The van der Waals surface area contributed by atoms with Crippen molar-refractivity contribution < 1.29 is 0 Å². The number of hydrogen-bond donors (Lipinski definition) is 3. The van der Waals surface area contributed by atoms with Gasteiger partial charge in [-0.15, -0.1) is 0 Å². The van der Waals surface area contributed by atoms with Crippen molar-refractivity contribution in [3.8, 4) is 22.5 Å². The quantitative estimate of drug-likeness (QED) is 0.352. The summed E-state index contributed by atoms with van der Waals surface area (Å²) in [5.74, 6) is 1.83. The molecule has 2 aromatic heterocycles. The van der Waals surface area contributed by atoms with E-state index in [1.54, 1.807) is 6.20 Å². The van der Waals surface area contributed by atoms with Crippen LogP contribution in [0.2, 0.25) is 5.02 Å². The summed E-state index contributed by atoms with van der Waals surface area (Å²) in [5.41, 5.74) is 10.5. The van der Waals surface area contributed by atoms with Gasteiger partial charge in [0.15, 0.2) is 11.6 Å². The molecule has 31 heavy (non-hydrogen) atoms. The highest BCUT2D eigenvalue weighted by molar-refractivity contribution is 6.35. The molecule has 0 spiro atoms. The van der Waals surface area contributed by atoms with E-state index in [9.17, 15) is 0 Å². The van der Waals surface area contributed by atoms with E-state index in [0.29, 0.717) is 16.7 Å². The molecule has 1 aliphatic carbocycles. The number of H-pyrrole nitrogens is 1. The van der Waals surface area contributed by atoms with Crippen LogP contribution in [0.15, 0.2) is 48.7 Å². The van der Waals surface area contributed by atoms with Gasteiger partial charge in [-0.05, 0) is 24.5 Å². The second kappa shape index (κ2) is 8.55. The molecule has 0 radical (unpaired) electrons. The van der Waals surface area contributed by atoms with Gasteiger partial charge in [0.1, 0.15) is 0 Å². The molecule has 6 nitrogen and oxygen atoms in total. The summed E-state index contributed by atoms with van der Waals surface area (Å²) in [6, 6.07) is 13.9. The zero-order valence-corrected chi connectivity index (χ0v) is 18.0. The monoisotopic (exact) mass is 432 g/mol. The van der Waals surface area contributed by atoms with Crippen LogP contribution in [0.3, 0.4) is 0 Å². The van der Waals surface area contributed by atoms with Gasteiger partial charge in [0.05, 0.1) is 28.1 Å². The average Bonchev–Trinajstić information content (AvgIpc) is 3.47. The Labute approximate surface area is 186 Å². The van der Waals surface area contributed by atoms with E-state index >= 15 is 0 Å². The minimum atomic E-state index is 0.407. The molecule has 0 saturated heterocycles. The Morgan fingerprint density at radius 2 is 1.81 bits per heavy atom. The van der Waals surface area contributed by atoms with Gasteiger partial charge in [-0.3, -0.25) is 5.10 Å². The van der Waals surface area contributed by atoms with E-state index in [0.717, 1.165) is 52.3 Å². The van der Waals surface area contributed by atoms with Crippen LogP contribution in [-0.2, 0) is 0 Å². The molecular formula is C24H25ClN6. The maximum absolute atomic E-state index is 6.52. The zero-order valence-electron chi connectivity index (χ0n) is 17.2. The van der Waals surface area contributed by atoms with Crippen molar-refractivity contribution in [1.82, 2.24) is 20.2 Å². The molecule has 1 saturated carbocycles. The third-order valence-corrected chi connectivity index (χ3v) is 6.36. The molecule has 0 amide bonds. The number of aromatic amines is 1. The van der Waals surface area contributed by atoms with E-state index in [-0.39, 0.29) is 0 Å². The number of rotatable bonds is 6. The van der Waals surface area contributed by atoms with Gasteiger partial charge in [0.25, 0.3) is 0 Å². The minimum Gasteiger partial charge on any atom is -0.381 e. The fourth-order valence-corrected chi connectivity index (χ4v) is 4.69. The molecule has 0 bridgehead atoms. The van der Waals surface area contributed by atoms with Crippen LogP contribution in [0.25, 0.3) is 33.4 Å². The molecule has 4 N–H and O–H groups in total. The van der Waals surface area contributed by atoms with E-state index in [1.807, 2.05) is 42.5 Å². The predicted molar refractivity (Wildman–Crippen MR) is 127 cm³/mol. The minimum absolute atomic E-state index is 0.407. The topological polar surface area (TPSA) is 92.5 Å². The Hall–Kier alpha value is -3.12. The van der Waals surface area contributed by atoms with Crippen LogP contribution < -0.4 is 11.1 Å². The highest BCUT2D eigenvalue weighted by Gasteiger charge is 2.18. The van der Waals surface area contributed by atoms with Crippen LogP contribution >= 0.6 is 11.6 Å². The first-order valence-electron chi connectivity index (χ1n) is 10.8. The molecule has 0 atom stereocenters. The second-order valence-electron chi connectivity index (χ2n) is 8.18. The van der Waals surface area contributed by atoms with Crippen LogP contribution in [0, 0.1) is 5.92 Å². The average molecular weight is 433 g/mol. The van der Waals surface area contributed by atoms with Gasteiger partial charge < -0.3 is 11.1 Å².